The van der Waals surface area contributed by atoms with Crippen LogP contribution in [-0.2, 0) is 6.54 Å². The minimum absolute atomic E-state index is 0.370. The maximum absolute atomic E-state index is 11.1. The minimum atomic E-state index is -0.464. The summed E-state index contributed by atoms with van der Waals surface area (Å²) in [6, 6.07) is 0. The van der Waals surface area contributed by atoms with Gasteiger partial charge in [0, 0.05) is 13.1 Å². The number of likely N-dealkylation sites (N-methyl/N-ethyl adjacent to an activating group) is 1. The number of nitrogens with zero attached hydrogens (tertiary/aromatic N) is 3. The molecule has 0 radical (unpaired) electrons. The number of rotatable bonds is 3. The highest BCUT2D eigenvalue weighted by molar-refractivity contribution is 4.73. The normalized spacial score (nSPS) is 10.7. The summed E-state index contributed by atoms with van der Waals surface area (Å²) >= 11 is 0. The molecule has 6 heteroatoms. The summed E-state index contributed by atoms with van der Waals surface area (Å²) < 4.78 is 1.12. The van der Waals surface area contributed by atoms with Crippen LogP contribution in [0.2, 0.25) is 0 Å². The number of hydrogen-bond donors (Lipinski definition) is 1. The van der Waals surface area contributed by atoms with Gasteiger partial charge in [0.25, 0.3) is 5.56 Å². The molecule has 0 amide bonds. The van der Waals surface area contributed by atoms with Gasteiger partial charge in [0.15, 0.2) is 0 Å². The molecular formula is C7H12N4O2. The van der Waals surface area contributed by atoms with Crippen molar-refractivity contribution in [2.75, 3.05) is 20.6 Å². The van der Waals surface area contributed by atoms with Crippen molar-refractivity contribution in [2.24, 2.45) is 0 Å². The SMILES string of the molecule is CN(C)CCn1c(=O)cn[nH]c1=O. The molecule has 0 fully saturated rings. The summed E-state index contributed by atoms with van der Waals surface area (Å²) in [5.41, 5.74) is -0.833. The lowest BCUT2D eigenvalue weighted by atomic mass is 10.5. The third-order valence-electron chi connectivity index (χ3n) is 1.62. The highest BCUT2D eigenvalue weighted by Gasteiger charge is 2.00. The van der Waals surface area contributed by atoms with Crippen molar-refractivity contribution < 1.29 is 0 Å². The molecule has 1 aromatic rings. The van der Waals surface area contributed by atoms with E-state index >= 15 is 0 Å². The molecule has 1 aromatic heterocycles. The maximum Gasteiger partial charge on any atom is 0.344 e. The van der Waals surface area contributed by atoms with Crippen molar-refractivity contribution in [1.82, 2.24) is 19.7 Å². The third-order valence-corrected chi connectivity index (χ3v) is 1.62. The van der Waals surface area contributed by atoms with Gasteiger partial charge in [-0.25, -0.2) is 9.89 Å². The highest BCUT2D eigenvalue weighted by Crippen LogP contribution is 1.75. The van der Waals surface area contributed by atoms with Crippen LogP contribution in [0.5, 0.6) is 0 Å². The van der Waals surface area contributed by atoms with E-state index in [4.69, 9.17) is 0 Å². The molecule has 1 N–H and O–H groups in total. The van der Waals surface area contributed by atoms with Crippen LogP contribution in [-0.4, -0.2) is 40.3 Å². The van der Waals surface area contributed by atoms with Crippen LogP contribution in [0, 0.1) is 0 Å². The van der Waals surface area contributed by atoms with E-state index in [0.29, 0.717) is 13.1 Å². The fourth-order valence-electron chi connectivity index (χ4n) is 0.885. The predicted molar refractivity (Wildman–Crippen MR) is 47.7 cm³/mol. The molecular weight excluding hydrogens is 172 g/mol. The Hall–Kier alpha value is -1.43. The van der Waals surface area contributed by atoms with Crippen molar-refractivity contribution in [1.29, 1.82) is 0 Å². The van der Waals surface area contributed by atoms with E-state index in [0.717, 1.165) is 10.8 Å². The zero-order valence-electron chi connectivity index (χ0n) is 7.65. The summed E-state index contributed by atoms with van der Waals surface area (Å²) in [7, 11) is 3.75. The molecule has 13 heavy (non-hydrogen) atoms. The van der Waals surface area contributed by atoms with Gasteiger partial charge < -0.3 is 4.90 Å². The van der Waals surface area contributed by atoms with Gasteiger partial charge in [-0.15, -0.1) is 0 Å². The fraction of sp³-hybridized carbons (Fsp3) is 0.571. The summed E-state index contributed by atoms with van der Waals surface area (Å²) in [5, 5.41) is 5.59. The Morgan fingerprint density at radius 1 is 1.54 bits per heavy atom. The lowest BCUT2D eigenvalue weighted by Crippen LogP contribution is -2.37. The molecule has 0 atom stereocenters. The number of aromatic amines is 1. The van der Waals surface area contributed by atoms with Gasteiger partial charge in [-0.1, -0.05) is 0 Å². The molecule has 0 aliphatic heterocycles. The second-order valence-electron chi connectivity index (χ2n) is 2.97. The van der Waals surface area contributed by atoms with Gasteiger partial charge in [-0.2, -0.15) is 5.10 Å². The Morgan fingerprint density at radius 3 is 2.77 bits per heavy atom. The Bertz CT molecular complexity index is 350. The topological polar surface area (TPSA) is 71.0 Å². The largest absolute Gasteiger partial charge is 0.344 e. The van der Waals surface area contributed by atoms with Gasteiger partial charge in [-0.05, 0) is 14.1 Å². The summed E-state index contributed by atoms with van der Waals surface area (Å²) in [6.07, 6.45) is 1.09. The molecule has 0 bridgehead atoms. The Morgan fingerprint density at radius 2 is 2.23 bits per heavy atom. The fourth-order valence-corrected chi connectivity index (χ4v) is 0.885. The van der Waals surface area contributed by atoms with Gasteiger partial charge in [0.1, 0.15) is 6.20 Å². The zero-order valence-corrected chi connectivity index (χ0v) is 7.65. The predicted octanol–water partition coefficient (Wildman–Crippen LogP) is -1.51. The molecule has 72 valence electrons. The second kappa shape index (κ2) is 3.99. The average Bonchev–Trinajstić information content (AvgIpc) is 2.03. The van der Waals surface area contributed by atoms with Crippen molar-refractivity contribution in [3.8, 4) is 0 Å². The van der Waals surface area contributed by atoms with Crippen molar-refractivity contribution >= 4 is 0 Å². The van der Waals surface area contributed by atoms with Gasteiger partial charge in [-0.3, -0.25) is 9.36 Å². The molecule has 0 aromatic carbocycles. The quantitative estimate of drug-likeness (QED) is 0.620. The molecule has 0 aliphatic rings. The van der Waals surface area contributed by atoms with Crippen LogP contribution in [0.15, 0.2) is 15.8 Å². The maximum atomic E-state index is 11.1. The van der Waals surface area contributed by atoms with E-state index in [2.05, 4.69) is 10.2 Å². The van der Waals surface area contributed by atoms with E-state index in [1.54, 1.807) is 0 Å². The molecule has 6 nitrogen and oxygen atoms in total. The summed E-state index contributed by atoms with van der Waals surface area (Å²) in [5.74, 6) is 0. The summed E-state index contributed by atoms with van der Waals surface area (Å²) in [6.45, 7) is 1.02. The second-order valence-corrected chi connectivity index (χ2v) is 2.97. The van der Waals surface area contributed by atoms with Crippen LogP contribution >= 0.6 is 0 Å². The number of aromatic nitrogens is 3. The average molecular weight is 184 g/mol. The van der Waals surface area contributed by atoms with E-state index in [9.17, 15) is 9.59 Å². The lowest BCUT2D eigenvalue weighted by molar-refractivity contribution is 0.375. The first-order valence-corrected chi connectivity index (χ1v) is 3.90. The number of hydrogen-bond acceptors (Lipinski definition) is 4. The van der Waals surface area contributed by atoms with Crippen LogP contribution in [0.25, 0.3) is 0 Å². The Labute approximate surface area is 74.8 Å². The van der Waals surface area contributed by atoms with Crippen LogP contribution < -0.4 is 11.2 Å². The number of H-pyrrole nitrogens is 1. The Kier molecular flexibility index (Phi) is 2.97. The first-order valence-electron chi connectivity index (χ1n) is 3.90. The van der Waals surface area contributed by atoms with Crippen LogP contribution in [0.4, 0.5) is 0 Å². The molecule has 0 aliphatic carbocycles. The van der Waals surface area contributed by atoms with Crippen LogP contribution in [0.3, 0.4) is 0 Å². The molecule has 0 unspecified atom stereocenters. The van der Waals surface area contributed by atoms with Crippen molar-refractivity contribution in [3.05, 3.63) is 27.0 Å². The smallest absolute Gasteiger partial charge is 0.308 e. The molecule has 1 heterocycles. The molecule has 0 saturated heterocycles. The molecule has 1 rings (SSSR count). The van der Waals surface area contributed by atoms with E-state index in [1.807, 2.05) is 19.0 Å². The van der Waals surface area contributed by atoms with Crippen LogP contribution in [0.1, 0.15) is 0 Å². The first-order chi connectivity index (χ1) is 6.11. The standard InChI is InChI=1S/C7H12N4O2/c1-10(2)3-4-11-6(12)5-8-9-7(11)13/h5H,3-4H2,1-2H3,(H,9,13). The van der Waals surface area contributed by atoms with Gasteiger partial charge in [0.05, 0.1) is 0 Å². The van der Waals surface area contributed by atoms with Crippen molar-refractivity contribution in [3.63, 3.8) is 0 Å². The third kappa shape index (κ3) is 2.51. The molecule has 0 saturated carbocycles. The van der Waals surface area contributed by atoms with Gasteiger partial charge >= 0.3 is 5.69 Å². The highest BCUT2D eigenvalue weighted by atomic mass is 16.2. The van der Waals surface area contributed by atoms with E-state index < -0.39 is 5.69 Å². The first kappa shape index (κ1) is 9.66. The van der Waals surface area contributed by atoms with E-state index in [-0.39, 0.29) is 5.56 Å². The summed E-state index contributed by atoms with van der Waals surface area (Å²) in [4.78, 5) is 24.1. The number of nitrogens with one attached hydrogen (secondary N) is 1. The van der Waals surface area contributed by atoms with E-state index in [1.165, 1.54) is 0 Å². The lowest BCUT2D eigenvalue weighted by Gasteiger charge is -2.09. The Balaban J connectivity index is 2.88. The minimum Gasteiger partial charge on any atom is -0.308 e. The zero-order chi connectivity index (χ0) is 9.84. The van der Waals surface area contributed by atoms with Gasteiger partial charge in [0.2, 0.25) is 0 Å². The van der Waals surface area contributed by atoms with Crippen molar-refractivity contribution in [2.45, 2.75) is 6.54 Å². The monoisotopic (exact) mass is 184 g/mol. The molecule has 0 spiro atoms.